The first-order chi connectivity index (χ1) is 30.5. The van der Waals surface area contributed by atoms with E-state index in [0.717, 1.165) is 51.4 Å². The van der Waals surface area contributed by atoms with Gasteiger partial charge in [0.25, 0.3) is 0 Å². The first-order valence-electron chi connectivity index (χ1n) is 27.9. The van der Waals surface area contributed by atoms with Crippen molar-refractivity contribution in [3.8, 4) is 0 Å². The first-order valence-corrected chi connectivity index (χ1v) is 27.9. The van der Waals surface area contributed by atoms with Crippen LogP contribution >= 0.6 is 0 Å². The number of rotatable bonds is 51. The van der Waals surface area contributed by atoms with Gasteiger partial charge < -0.3 is 20.3 Å². The van der Waals surface area contributed by atoms with E-state index in [1.807, 2.05) is 0 Å². The molecular weight excluding hydrogens is 767 g/mol. The van der Waals surface area contributed by atoms with Crippen LogP contribution < -0.4 is 5.32 Å². The highest BCUT2D eigenvalue weighted by Crippen LogP contribution is 2.19. The van der Waals surface area contributed by atoms with E-state index in [-0.39, 0.29) is 24.9 Å². The molecule has 0 aromatic heterocycles. The molecular formula is C56H109NO5. The first kappa shape index (κ1) is 60.6. The van der Waals surface area contributed by atoms with E-state index in [9.17, 15) is 19.8 Å². The van der Waals surface area contributed by atoms with Gasteiger partial charge in [-0.2, -0.15) is 0 Å². The van der Waals surface area contributed by atoms with Crippen LogP contribution in [0.15, 0.2) is 12.2 Å². The molecule has 0 aliphatic rings. The minimum Gasteiger partial charge on any atom is -0.462 e. The van der Waals surface area contributed by atoms with Gasteiger partial charge in [-0.3, -0.25) is 9.59 Å². The molecule has 3 atom stereocenters. The third-order valence-corrected chi connectivity index (χ3v) is 13.1. The number of nitrogens with one attached hydrogen (secondary N) is 1. The summed E-state index contributed by atoms with van der Waals surface area (Å²) in [5.41, 5.74) is 0. The molecule has 0 saturated carbocycles. The summed E-state index contributed by atoms with van der Waals surface area (Å²) in [4.78, 5) is 26.2. The Morgan fingerprint density at radius 2 is 0.774 bits per heavy atom. The molecule has 3 unspecified atom stereocenters. The van der Waals surface area contributed by atoms with Crippen LogP contribution in [0, 0.1) is 0 Å². The summed E-state index contributed by atoms with van der Waals surface area (Å²) < 4.78 is 5.95. The van der Waals surface area contributed by atoms with Crippen LogP contribution in [0.4, 0.5) is 0 Å². The maximum atomic E-state index is 13.2. The topological polar surface area (TPSA) is 95.9 Å². The molecule has 62 heavy (non-hydrogen) atoms. The van der Waals surface area contributed by atoms with E-state index < -0.39 is 18.2 Å². The summed E-state index contributed by atoms with van der Waals surface area (Å²) >= 11 is 0. The number of hydrogen-bond donors (Lipinski definition) is 3. The highest BCUT2D eigenvalue weighted by atomic mass is 16.5. The average molecular weight is 876 g/mol. The summed E-state index contributed by atoms with van der Waals surface area (Å²) in [5, 5.41) is 23.8. The zero-order valence-corrected chi connectivity index (χ0v) is 42.0. The summed E-state index contributed by atoms with van der Waals surface area (Å²) in [7, 11) is 0. The number of ether oxygens (including phenoxy) is 1. The maximum Gasteiger partial charge on any atom is 0.306 e. The second-order valence-electron chi connectivity index (χ2n) is 19.3. The van der Waals surface area contributed by atoms with Crippen molar-refractivity contribution in [2.45, 2.75) is 328 Å². The van der Waals surface area contributed by atoms with Gasteiger partial charge in [-0.15, -0.1) is 0 Å². The Hall–Kier alpha value is -1.40. The monoisotopic (exact) mass is 876 g/mol. The number of esters is 1. The predicted octanol–water partition coefficient (Wildman–Crippen LogP) is 16.9. The Morgan fingerprint density at radius 1 is 0.452 bits per heavy atom. The number of hydrogen-bond acceptors (Lipinski definition) is 5. The van der Waals surface area contributed by atoms with E-state index in [4.69, 9.17) is 4.74 Å². The van der Waals surface area contributed by atoms with Gasteiger partial charge in [0.05, 0.1) is 25.2 Å². The largest absolute Gasteiger partial charge is 0.462 e. The van der Waals surface area contributed by atoms with Gasteiger partial charge in [0.1, 0.15) is 6.10 Å². The summed E-state index contributed by atoms with van der Waals surface area (Å²) in [5.74, 6) is -0.463. The molecule has 0 aliphatic heterocycles. The fourth-order valence-corrected chi connectivity index (χ4v) is 8.84. The number of carbonyl (C=O) groups is 2. The molecule has 0 bridgehead atoms. The van der Waals surface area contributed by atoms with E-state index in [0.29, 0.717) is 19.3 Å². The Kier molecular flexibility index (Phi) is 49.5. The van der Waals surface area contributed by atoms with E-state index in [1.165, 1.54) is 212 Å². The third kappa shape index (κ3) is 45.2. The highest BCUT2D eigenvalue weighted by molar-refractivity contribution is 5.77. The zero-order chi connectivity index (χ0) is 45.2. The maximum absolute atomic E-state index is 13.2. The zero-order valence-electron chi connectivity index (χ0n) is 42.0. The lowest BCUT2D eigenvalue weighted by molar-refractivity contribution is -0.151. The molecule has 6 nitrogen and oxygen atoms in total. The number of unbranched alkanes of at least 4 members (excludes halogenated alkanes) is 37. The van der Waals surface area contributed by atoms with Gasteiger partial charge in [0.15, 0.2) is 0 Å². The van der Waals surface area contributed by atoms with Gasteiger partial charge in [-0.05, 0) is 51.4 Å². The molecule has 368 valence electrons. The van der Waals surface area contributed by atoms with Crippen molar-refractivity contribution < 1.29 is 24.5 Å². The van der Waals surface area contributed by atoms with Crippen molar-refractivity contribution in [3.05, 3.63) is 12.2 Å². The van der Waals surface area contributed by atoms with E-state index >= 15 is 0 Å². The fraction of sp³-hybridized carbons (Fsp3) is 0.929. The third-order valence-electron chi connectivity index (χ3n) is 13.1. The minimum atomic E-state index is -0.783. The average Bonchev–Trinajstić information content (AvgIpc) is 3.26. The van der Waals surface area contributed by atoms with Crippen molar-refractivity contribution in [2.75, 3.05) is 6.61 Å². The Labute approximate surface area is 387 Å². The second-order valence-corrected chi connectivity index (χ2v) is 19.3. The molecule has 0 rings (SSSR count). The van der Waals surface area contributed by atoms with Gasteiger partial charge in [0, 0.05) is 6.42 Å². The molecule has 0 heterocycles. The number of carbonyl (C=O) groups excluding carboxylic acids is 2. The number of allylic oxidation sites excluding steroid dienone is 2. The van der Waals surface area contributed by atoms with Gasteiger partial charge in [-0.25, -0.2) is 0 Å². The predicted molar refractivity (Wildman–Crippen MR) is 269 cm³/mol. The van der Waals surface area contributed by atoms with Gasteiger partial charge in [-0.1, -0.05) is 258 Å². The lowest BCUT2D eigenvalue weighted by Gasteiger charge is -2.24. The van der Waals surface area contributed by atoms with Crippen LogP contribution in [0.25, 0.3) is 0 Å². The highest BCUT2D eigenvalue weighted by Gasteiger charge is 2.24. The molecule has 0 aromatic rings. The van der Waals surface area contributed by atoms with Crippen molar-refractivity contribution in [2.24, 2.45) is 0 Å². The lowest BCUT2D eigenvalue weighted by Crippen LogP contribution is -2.46. The van der Waals surface area contributed by atoms with Crippen molar-refractivity contribution in [1.29, 1.82) is 0 Å². The summed E-state index contributed by atoms with van der Waals surface area (Å²) in [6.07, 6.45) is 57.0. The van der Waals surface area contributed by atoms with Crippen LogP contribution in [0.3, 0.4) is 0 Å². The van der Waals surface area contributed by atoms with Crippen molar-refractivity contribution in [3.63, 3.8) is 0 Å². The van der Waals surface area contributed by atoms with Crippen LogP contribution in [0.2, 0.25) is 0 Å². The number of amides is 1. The molecule has 0 fully saturated rings. The van der Waals surface area contributed by atoms with Crippen LogP contribution in [-0.4, -0.2) is 46.9 Å². The molecule has 1 amide bonds. The fourth-order valence-electron chi connectivity index (χ4n) is 8.84. The molecule has 0 aromatic carbocycles. The number of aliphatic hydroxyl groups excluding tert-OH is 2. The van der Waals surface area contributed by atoms with Crippen LogP contribution in [0.1, 0.15) is 310 Å². The Bertz CT molecular complexity index is 939. The second kappa shape index (κ2) is 50.6. The molecule has 6 heteroatoms. The van der Waals surface area contributed by atoms with Crippen LogP contribution in [0.5, 0.6) is 0 Å². The molecule has 0 aliphatic carbocycles. The summed E-state index contributed by atoms with van der Waals surface area (Å²) in [6, 6.07) is -0.696. The van der Waals surface area contributed by atoms with Crippen molar-refractivity contribution in [1.82, 2.24) is 5.32 Å². The SMILES string of the molecule is CCCCCCCCCCC/C=C/CCCCCCCC(=O)OC(CCCCCCCCCCCCCC)CC(=O)NC(CO)C(O)CCCCCCCCCCCCCCC. The minimum absolute atomic E-state index is 0.0817. The van der Waals surface area contributed by atoms with Gasteiger partial charge in [0.2, 0.25) is 5.91 Å². The molecule has 0 spiro atoms. The Balaban J connectivity index is 4.48. The lowest BCUT2D eigenvalue weighted by atomic mass is 10.0. The summed E-state index contributed by atoms with van der Waals surface area (Å²) in [6.45, 7) is 6.51. The quantitative estimate of drug-likeness (QED) is 0.0321. The standard InChI is InChI=1S/C56H109NO5/c1-4-7-10-13-16-19-22-25-26-27-28-29-31-34-37-40-43-46-49-56(61)62-52(47-44-41-38-35-32-24-21-18-15-12-9-6-3)50-55(60)57-53(51-58)54(59)48-45-42-39-36-33-30-23-20-17-14-11-8-5-2/h28-29,52-54,58-59H,4-27,30-51H2,1-3H3,(H,57,60)/b29-28+. The van der Waals surface area contributed by atoms with E-state index in [1.54, 1.807) is 0 Å². The van der Waals surface area contributed by atoms with Crippen molar-refractivity contribution >= 4 is 11.9 Å². The molecule has 0 radical (unpaired) electrons. The molecule has 0 saturated heterocycles. The van der Waals surface area contributed by atoms with Crippen LogP contribution in [-0.2, 0) is 14.3 Å². The normalized spacial score (nSPS) is 13.2. The van der Waals surface area contributed by atoms with Gasteiger partial charge >= 0.3 is 5.97 Å². The Morgan fingerprint density at radius 3 is 1.15 bits per heavy atom. The van der Waals surface area contributed by atoms with E-state index in [2.05, 4.69) is 38.2 Å². The molecule has 3 N–H and O–H groups in total. The number of aliphatic hydroxyl groups is 2. The smallest absolute Gasteiger partial charge is 0.306 e.